The summed E-state index contributed by atoms with van der Waals surface area (Å²) < 4.78 is 2.12. The van der Waals surface area contributed by atoms with Crippen LogP contribution in [0, 0.1) is 5.92 Å². The molecule has 0 aliphatic heterocycles. The molecule has 0 saturated carbocycles. The van der Waals surface area contributed by atoms with Crippen LogP contribution >= 0.6 is 0 Å². The average molecular weight is 247 g/mol. The molecular weight excluding hydrogens is 226 g/mol. The topological polar surface area (TPSA) is 72.5 Å². The lowest BCUT2D eigenvalue weighted by molar-refractivity contribution is 0.482. The highest BCUT2D eigenvalue weighted by Gasteiger charge is 2.13. The average Bonchev–Trinajstić information content (AvgIpc) is 2.96. The fourth-order valence-electron chi connectivity index (χ4n) is 2.12. The van der Waals surface area contributed by atoms with Gasteiger partial charge in [-0.15, -0.1) is 0 Å². The van der Waals surface area contributed by atoms with Crippen molar-refractivity contribution in [1.82, 2.24) is 19.5 Å². The Hall–Kier alpha value is -1.62. The first kappa shape index (κ1) is 12.8. The highest BCUT2D eigenvalue weighted by atomic mass is 15.1. The normalized spacial score (nSPS) is 13.1. The van der Waals surface area contributed by atoms with Gasteiger partial charge < -0.3 is 15.3 Å². The van der Waals surface area contributed by atoms with E-state index in [0.717, 1.165) is 30.9 Å². The van der Waals surface area contributed by atoms with Crippen molar-refractivity contribution in [2.24, 2.45) is 11.7 Å². The van der Waals surface area contributed by atoms with E-state index in [2.05, 4.69) is 33.4 Å². The van der Waals surface area contributed by atoms with Crippen LogP contribution in [0.5, 0.6) is 0 Å². The van der Waals surface area contributed by atoms with Crippen LogP contribution in [0.4, 0.5) is 0 Å². The van der Waals surface area contributed by atoms with Gasteiger partial charge in [-0.3, -0.25) is 0 Å². The lowest BCUT2D eigenvalue weighted by atomic mass is 10.0. The molecule has 0 bridgehead atoms. The molecule has 0 aliphatic rings. The van der Waals surface area contributed by atoms with E-state index in [0.29, 0.717) is 5.92 Å². The fourth-order valence-corrected chi connectivity index (χ4v) is 2.12. The number of nitrogens with zero attached hydrogens (tertiary/aromatic N) is 3. The first-order valence-electron chi connectivity index (χ1n) is 6.40. The quantitative estimate of drug-likeness (QED) is 0.818. The monoisotopic (exact) mass is 247 g/mol. The molecule has 0 aromatic carbocycles. The maximum Gasteiger partial charge on any atom is 0.107 e. The van der Waals surface area contributed by atoms with E-state index in [4.69, 9.17) is 5.73 Å². The number of hydrogen-bond acceptors (Lipinski definition) is 3. The fraction of sp³-hybridized carbons (Fsp3) is 0.538. The standard InChI is InChI=1S/C13H21N5/c1-10(2)7-11(14)12-8-15-9-18(12)6-3-13-16-4-5-17-13/h4-5,8-11H,3,6-7,14H2,1-2H3,(H,16,17). The largest absolute Gasteiger partial charge is 0.349 e. The number of nitrogens with one attached hydrogen (secondary N) is 1. The van der Waals surface area contributed by atoms with Crippen molar-refractivity contribution in [3.63, 3.8) is 0 Å². The van der Waals surface area contributed by atoms with E-state index in [1.165, 1.54) is 0 Å². The molecule has 5 heteroatoms. The Morgan fingerprint density at radius 1 is 1.44 bits per heavy atom. The summed E-state index contributed by atoms with van der Waals surface area (Å²) in [7, 11) is 0. The summed E-state index contributed by atoms with van der Waals surface area (Å²) in [6, 6.07) is 0.0594. The lowest BCUT2D eigenvalue weighted by Gasteiger charge is -2.16. The highest BCUT2D eigenvalue weighted by molar-refractivity contribution is 5.05. The van der Waals surface area contributed by atoms with E-state index in [1.807, 2.05) is 18.7 Å². The third-order valence-electron chi connectivity index (χ3n) is 2.99. The van der Waals surface area contributed by atoms with Gasteiger partial charge in [0.15, 0.2) is 0 Å². The van der Waals surface area contributed by atoms with Gasteiger partial charge in [-0.2, -0.15) is 0 Å². The van der Waals surface area contributed by atoms with Gasteiger partial charge in [-0.05, 0) is 12.3 Å². The molecule has 98 valence electrons. The molecule has 18 heavy (non-hydrogen) atoms. The molecule has 3 N–H and O–H groups in total. The first-order chi connectivity index (χ1) is 8.66. The van der Waals surface area contributed by atoms with Crippen LogP contribution in [0.25, 0.3) is 0 Å². The maximum atomic E-state index is 6.21. The Kier molecular flexibility index (Phi) is 4.15. The predicted molar refractivity (Wildman–Crippen MR) is 70.9 cm³/mol. The Bertz CT molecular complexity index is 457. The Morgan fingerprint density at radius 2 is 2.28 bits per heavy atom. The molecule has 5 nitrogen and oxygen atoms in total. The van der Waals surface area contributed by atoms with Gasteiger partial charge in [0.2, 0.25) is 0 Å². The van der Waals surface area contributed by atoms with Gasteiger partial charge >= 0.3 is 0 Å². The second-order valence-corrected chi connectivity index (χ2v) is 5.03. The second kappa shape index (κ2) is 5.82. The zero-order valence-corrected chi connectivity index (χ0v) is 11.0. The molecule has 0 radical (unpaired) electrons. The molecular formula is C13H21N5. The third kappa shape index (κ3) is 3.20. The number of H-pyrrole nitrogens is 1. The van der Waals surface area contributed by atoms with Crippen molar-refractivity contribution in [3.8, 4) is 0 Å². The molecule has 0 spiro atoms. The molecule has 1 atom stereocenters. The minimum absolute atomic E-state index is 0.0594. The van der Waals surface area contributed by atoms with Crippen molar-refractivity contribution in [2.45, 2.75) is 39.3 Å². The summed E-state index contributed by atoms with van der Waals surface area (Å²) >= 11 is 0. The van der Waals surface area contributed by atoms with Crippen molar-refractivity contribution < 1.29 is 0 Å². The molecule has 2 rings (SSSR count). The van der Waals surface area contributed by atoms with Crippen molar-refractivity contribution >= 4 is 0 Å². The van der Waals surface area contributed by atoms with E-state index < -0.39 is 0 Å². The van der Waals surface area contributed by atoms with E-state index in [-0.39, 0.29) is 6.04 Å². The first-order valence-corrected chi connectivity index (χ1v) is 6.40. The Labute approximate surface area is 107 Å². The summed E-state index contributed by atoms with van der Waals surface area (Å²) in [4.78, 5) is 11.5. The van der Waals surface area contributed by atoms with Gasteiger partial charge in [-0.25, -0.2) is 9.97 Å². The summed E-state index contributed by atoms with van der Waals surface area (Å²) in [5.41, 5.74) is 7.31. The van der Waals surface area contributed by atoms with Crippen LogP contribution in [0.2, 0.25) is 0 Å². The zero-order chi connectivity index (χ0) is 13.0. The summed E-state index contributed by atoms with van der Waals surface area (Å²) in [5.74, 6) is 1.58. The number of nitrogens with two attached hydrogens (primary N) is 1. The van der Waals surface area contributed by atoms with E-state index >= 15 is 0 Å². The third-order valence-corrected chi connectivity index (χ3v) is 2.99. The second-order valence-electron chi connectivity index (χ2n) is 5.03. The number of hydrogen-bond donors (Lipinski definition) is 2. The smallest absolute Gasteiger partial charge is 0.107 e. The predicted octanol–water partition coefficient (Wildman–Crippen LogP) is 1.89. The molecule has 2 heterocycles. The lowest BCUT2D eigenvalue weighted by Crippen LogP contribution is -2.18. The van der Waals surface area contributed by atoms with Crippen molar-refractivity contribution in [2.75, 3.05) is 0 Å². The molecule has 2 aromatic heterocycles. The maximum absolute atomic E-state index is 6.21. The zero-order valence-electron chi connectivity index (χ0n) is 11.0. The number of imidazole rings is 2. The van der Waals surface area contributed by atoms with Crippen LogP contribution in [0.1, 0.15) is 37.8 Å². The van der Waals surface area contributed by atoms with Crippen molar-refractivity contribution in [1.29, 1.82) is 0 Å². The minimum Gasteiger partial charge on any atom is -0.349 e. The summed E-state index contributed by atoms with van der Waals surface area (Å²) in [6.45, 7) is 5.22. The summed E-state index contributed by atoms with van der Waals surface area (Å²) in [5, 5.41) is 0. The molecule has 0 amide bonds. The van der Waals surface area contributed by atoms with Gasteiger partial charge in [0.05, 0.1) is 12.0 Å². The molecule has 0 saturated heterocycles. The SMILES string of the molecule is CC(C)CC(N)c1cncn1CCc1ncc[nH]1. The van der Waals surface area contributed by atoms with Crippen LogP contribution < -0.4 is 5.73 Å². The van der Waals surface area contributed by atoms with Crippen LogP contribution in [-0.4, -0.2) is 19.5 Å². The molecule has 1 unspecified atom stereocenters. The highest BCUT2D eigenvalue weighted by Crippen LogP contribution is 2.18. The molecule has 2 aromatic rings. The van der Waals surface area contributed by atoms with Crippen LogP contribution in [0.3, 0.4) is 0 Å². The van der Waals surface area contributed by atoms with Gasteiger partial charge in [0, 0.05) is 37.6 Å². The van der Waals surface area contributed by atoms with Gasteiger partial charge in [-0.1, -0.05) is 13.8 Å². The number of aromatic nitrogens is 4. The van der Waals surface area contributed by atoms with E-state index in [1.54, 1.807) is 6.20 Å². The van der Waals surface area contributed by atoms with Crippen LogP contribution in [-0.2, 0) is 13.0 Å². The van der Waals surface area contributed by atoms with Crippen molar-refractivity contribution in [3.05, 3.63) is 36.4 Å². The Balaban J connectivity index is 1.99. The minimum atomic E-state index is 0.0594. The van der Waals surface area contributed by atoms with Gasteiger partial charge in [0.1, 0.15) is 5.82 Å². The number of aryl methyl sites for hydroxylation is 2. The van der Waals surface area contributed by atoms with Crippen LogP contribution in [0.15, 0.2) is 24.9 Å². The van der Waals surface area contributed by atoms with Gasteiger partial charge in [0.25, 0.3) is 0 Å². The van der Waals surface area contributed by atoms with E-state index in [9.17, 15) is 0 Å². The molecule has 0 fully saturated rings. The number of rotatable bonds is 6. The summed E-state index contributed by atoms with van der Waals surface area (Å²) in [6.07, 6.45) is 9.17. The molecule has 0 aliphatic carbocycles. The number of aromatic amines is 1. The Morgan fingerprint density at radius 3 is 2.94 bits per heavy atom.